The number of anilines is 1. The summed E-state index contributed by atoms with van der Waals surface area (Å²) in [4.78, 5) is 16.2. The van der Waals surface area contributed by atoms with Crippen molar-refractivity contribution in [1.82, 2.24) is 15.2 Å². The van der Waals surface area contributed by atoms with Crippen LogP contribution in [0, 0.1) is 11.7 Å². The van der Waals surface area contributed by atoms with Gasteiger partial charge < -0.3 is 11.1 Å². The Morgan fingerprint density at radius 3 is 3.07 bits per heavy atom. The maximum absolute atomic E-state index is 13.3. The zero-order chi connectivity index (χ0) is 18.8. The first-order chi connectivity index (χ1) is 13.1. The normalized spacial score (nSPS) is 20.6. The Hall–Kier alpha value is -3.00. The third kappa shape index (κ3) is 3.61. The van der Waals surface area contributed by atoms with Crippen molar-refractivity contribution in [1.29, 1.82) is 0 Å². The molecule has 1 aliphatic carbocycles. The first-order valence-corrected chi connectivity index (χ1v) is 9.28. The van der Waals surface area contributed by atoms with Crippen LogP contribution >= 0.6 is 11.8 Å². The number of benzene rings is 1. The summed E-state index contributed by atoms with van der Waals surface area (Å²) < 4.78 is 13.3. The van der Waals surface area contributed by atoms with E-state index >= 15 is 0 Å². The average Bonchev–Trinajstić information content (AvgIpc) is 3.11. The fourth-order valence-electron chi connectivity index (χ4n) is 3.09. The molecule has 0 fully saturated rings. The first-order valence-electron chi connectivity index (χ1n) is 8.34. The van der Waals surface area contributed by atoms with Gasteiger partial charge in [-0.2, -0.15) is 5.10 Å². The van der Waals surface area contributed by atoms with Crippen LogP contribution in [0.2, 0.25) is 0 Å². The van der Waals surface area contributed by atoms with E-state index in [4.69, 9.17) is 5.73 Å². The van der Waals surface area contributed by atoms with E-state index in [1.165, 1.54) is 30.1 Å². The Morgan fingerprint density at radius 2 is 2.26 bits per heavy atom. The molecule has 2 aromatic rings. The van der Waals surface area contributed by atoms with Gasteiger partial charge in [0.05, 0.1) is 6.20 Å². The van der Waals surface area contributed by atoms with Crippen LogP contribution in [0.25, 0.3) is 5.57 Å². The quantitative estimate of drug-likeness (QED) is 0.827. The van der Waals surface area contributed by atoms with Gasteiger partial charge in [0.15, 0.2) is 5.82 Å². The molecule has 0 saturated heterocycles. The lowest BCUT2D eigenvalue weighted by Crippen LogP contribution is -2.27. The van der Waals surface area contributed by atoms with Crippen molar-refractivity contribution < 1.29 is 9.18 Å². The largest absolute Gasteiger partial charge is 0.366 e. The van der Waals surface area contributed by atoms with E-state index in [9.17, 15) is 9.18 Å². The Morgan fingerprint density at radius 1 is 1.37 bits per heavy atom. The number of hydrogen-bond acceptors (Lipinski definition) is 6. The van der Waals surface area contributed by atoms with E-state index in [0.717, 1.165) is 11.1 Å². The molecule has 3 N–H and O–H groups in total. The number of thioether (sulfide) groups is 1. The lowest BCUT2D eigenvalue weighted by molar-refractivity contribution is -0.114. The molecule has 8 heteroatoms. The molecule has 0 radical (unpaired) electrons. The van der Waals surface area contributed by atoms with Crippen molar-refractivity contribution in [2.45, 2.75) is 11.8 Å². The van der Waals surface area contributed by atoms with Crippen LogP contribution in [0.5, 0.6) is 0 Å². The fraction of sp³-hybridized carbons (Fsp3) is 0.158. The van der Waals surface area contributed by atoms with Crippen LogP contribution < -0.4 is 11.1 Å². The number of nitrogens with one attached hydrogen (secondary N) is 1. The van der Waals surface area contributed by atoms with E-state index in [1.807, 2.05) is 23.6 Å². The molecule has 1 aromatic heterocycles. The highest BCUT2D eigenvalue weighted by Crippen LogP contribution is 2.45. The summed E-state index contributed by atoms with van der Waals surface area (Å²) in [6, 6.07) is 6.36. The Labute approximate surface area is 159 Å². The third-order valence-corrected chi connectivity index (χ3v) is 5.62. The highest BCUT2D eigenvalue weighted by atomic mass is 32.2. The number of hydrogen-bond donors (Lipinski definition) is 2. The minimum atomic E-state index is -0.416. The van der Waals surface area contributed by atoms with Gasteiger partial charge in [-0.15, -0.1) is 16.9 Å². The maximum atomic E-state index is 13.3. The van der Waals surface area contributed by atoms with Crippen LogP contribution in [-0.2, 0) is 11.3 Å². The van der Waals surface area contributed by atoms with Crippen molar-refractivity contribution in [3.63, 3.8) is 0 Å². The first kappa shape index (κ1) is 17.4. The molecular formula is C19H16FN5OS. The van der Waals surface area contributed by atoms with Crippen molar-refractivity contribution in [3.8, 4) is 0 Å². The van der Waals surface area contributed by atoms with Crippen molar-refractivity contribution in [2.24, 2.45) is 11.7 Å². The zero-order valence-corrected chi connectivity index (χ0v) is 15.0. The second-order valence-corrected chi connectivity index (χ2v) is 7.19. The second-order valence-electron chi connectivity index (χ2n) is 6.18. The fourth-order valence-corrected chi connectivity index (χ4v) is 4.40. The van der Waals surface area contributed by atoms with Crippen molar-refractivity contribution in [2.75, 3.05) is 5.32 Å². The van der Waals surface area contributed by atoms with Gasteiger partial charge in [-0.3, -0.25) is 4.79 Å². The maximum Gasteiger partial charge on any atom is 0.245 e. The number of rotatable bonds is 5. The predicted molar refractivity (Wildman–Crippen MR) is 103 cm³/mol. The third-order valence-electron chi connectivity index (χ3n) is 4.39. The minimum absolute atomic E-state index is 0.0252. The van der Waals surface area contributed by atoms with Gasteiger partial charge in [0.25, 0.3) is 0 Å². The Bertz CT molecular complexity index is 988. The van der Waals surface area contributed by atoms with Gasteiger partial charge in [-0.1, -0.05) is 30.4 Å². The summed E-state index contributed by atoms with van der Waals surface area (Å²) in [6.07, 6.45) is 7.12. The number of amides is 1. The number of halogens is 1. The molecule has 2 aliphatic rings. The number of fused-ring (bicyclic) bond motifs is 1. The number of carbonyl (C=O) groups is 1. The standard InChI is InChI=1S/C19H16FN5OS/c20-12-4-1-3-11(7-12)8-22-16-9-23-25-19(24-16)15-10-27-17-13(15)5-2-6-14(17)18(21)26/h1-7,9-10,13,17H,8H2,(H2,21,26)(H,22,24,25). The molecular weight excluding hydrogens is 365 g/mol. The highest BCUT2D eigenvalue weighted by Gasteiger charge is 2.36. The van der Waals surface area contributed by atoms with Gasteiger partial charge in [0.2, 0.25) is 5.91 Å². The molecule has 6 nitrogen and oxygen atoms in total. The molecule has 0 spiro atoms. The summed E-state index contributed by atoms with van der Waals surface area (Å²) in [7, 11) is 0. The van der Waals surface area contributed by atoms with Crippen molar-refractivity contribution in [3.05, 3.63) is 76.9 Å². The Balaban J connectivity index is 1.51. The van der Waals surface area contributed by atoms with Crippen LogP contribution in [0.15, 0.2) is 59.7 Å². The van der Waals surface area contributed by atoms with Gasteiger partial charge >= 0.3 is 0 Å². The molecule has 2 unspecified atom stereocenters. The number of carbonyl (C=O) groups excluding carboxylic acids is 1. The molecule has 2 heterocycles. The summed E-state index contributed by atoms with van der Waals surface area (Å²) >= 11 is 1.53. The minimum Gasteiger partial charge on any atom is -0.366 e. The van der Waals surface area contributed by atoms with E-state index in [1.54, 1.807) is 12.1 Å². The van der Waals surface area contributed by atoms with E-state index < -0.39 is 5.91 Å². The van der Waals surface area contributed by atoms with E-state index in [0.29, 0.717) is 23.8 Å². The van der Waals surface area contributed by atoms with Crippen molar-refractivity contribution >= 4 is 29.1 Å². The lowest BCUT2D eigenvalue weighted by atomic mass is 9.88. The summed E-state index contributed by atoms with van der Waals surface area (Å²) in [5, 5.41) is 13.2. The zero-order valence-electron chi connectivity index (χ0n) is 14.2. The van der Waals surface area contributed by atoms with Gasteiger partial charge in [-0.25, -0.2) is 9.37 Å². The second kappa shape index (κ2) is 7.32. The number of aromatic nitrogens is 3. The molecule has 0 saturated carbocycles. The Kier molecular flexibility index (Phi) is 4.72. The monoisotopic (exact) mass is 381 g/mol. The molecule has 1 amide bonds. The molecule has 2 atom stereocenters. The molecule has 136 valence electrons. The lowest BCUT2D eigenvalue weighted by Gasteiger charge is -2.22. The molecule has 1 aliphatic heterocycles. The van der Waals surface area contributed by atoms with E-state index in [2.05, 4.69) is 20.5 Å². The van der Waals surface area contributed by atoms with Gasteiger partial charge in [-0.05, 0) is 23.1 Å². The smallest absolute Gasteiger partial charge is 0.245 e. The molecule has 4 rings (SSSR count). The molecule has 1 aromatic carbocycles. The summed E-state index contributed by atoms with van der Waals surface area (Å²) in [5.74, 6) is 0.319. The molecule has 0 bridgehead atoms. The number of nitrogens with zero attached hydrogens (tertiary/aromatic N) is 3. The van der Waals surface area contributed by atoms with Gasteiger partial charge in [0, 0.05) is 28.9 Å². The SMILES string of the molecule is NC(=O)C1=CC=CC2C(c3nncc(NCc4cccc(F)c4)n3)=CSC12. The number of primary amides is 1. The number of nitrogens with two attached hydrogens (primary N) is 1. The predicted octanol–water partition coefficient (Wildman–Crippen LogP) is 2.68. The summed E-state index contributed by atoms with van der Waals surface area (Å²) in [5.41, 5.74) is 7.77. The summed E-state index contributed by atoms with van der Waals surface area (Å²) in [6.45, 7) is 0.421. The van der Waals surface area contributed by atoms with Crippen LogP contribution in [-0.4, -0.2) is 26.3 Å². The topological polar surface area (TPSA) is 93.8 Å². The van der Waals surface area contributed by atoms with Gasteiger partial charge in [0.1, 0.15) is 11.6 Å². The van der Waals surface area contributed by atoms with Crippen LogP contribution in [0.3, 0.4) is 0 Å². The average molecular weight is 381 g/mol. The van der Waals surface area contributed by atoms with Crippen LogP contribution in [0.4, 0.5) is 10.2 Å². The highest BCUT2D eigenvalue weighted by molar-refractivity contribution is 8.03. The number of allylic oxidation sites excluding steroid dienone is 4. The molecule has 27 heavy (non-hydrogen) atoms. The van der Waals surface area contributed by atoms with E-state index in [-0.39, 0.29) is 17.0 Å². The van der Waals surface area contributed by atoms with Crippen LogP contribution in [0.1, 0.15) is 11.4 Å².